The number of carboxylic acids is 1. The first-order valence-electron chi connectivity index (χ1n) is 25.4. The van der Waals surface area contributed by atoms with Gasteiger partial charge in [-0.05, 0) is 87.5 Å². The number of β-amino-alcohol motifs (C(OH)–C–C–N with tert-alkyl or cyclic N) is 2. The molecule has 76 heavy (non-hydrogen) atoms. The SMILES string of the molecule is C=CCCOCC[C@H](NC(=O)OC(C)(C)C)C(=O)N1C[C@H](O)C[C@H]1C(=O)N[C@]1(C(=O)OCC)C[C@H]1C=C.C=CCCOCC[C@H](NC(=O)OC(C)(C)C)C(=O)O.C=C[C@@H]1C[C@]1(NC(=O)[C@@H]1C[C@@H](O)CN1)C(=O)OCC.Cl. The molecule has 0 aromatic rings. The fourth-order valence-electron chi connectivity index (χ4n) is 7.91. The van der Waals surface area contributed by atoms with Crippen LogP contribution in [0.1, 0.15) is 107 Å². The van der Waals surface area contributed by atoms with Gasteiger partial charge >= 0.3 is 30.1 Å². The van der Waals surface area contributed by atoms with E-state index in [4.69, 9.17) is 33.5 Å². The molecule has 4 rings (SSSR count). The van der Waals surface area contributed by atoms with Crippen LogP contribution in [-0.4, -0.2) is 179 Å². The van der Waals surface area contributed by atoms with Gasteiger partial charge in [0.2, 0.25) is 17.7 Å². The zero-order chi connectivity index (χ0) is 56.7. The summed E-state index contributed by atoms with van der Waals surface area (Å²) in [6, 6.07) is -3.56. The van der Waals surface area contributed by atoms with Crippen LogP contribution in [0.2, 0.25) is 0 Å². The van der Waals surface area contributed by atoms with Crippen molar-refractivity contribution in [3.63, 3.8) is 0 Å². The highest BCUT2D eigenvalue weighted by molar-refractivity contribution is 5.97. The Morgan fingerprint density at radius 2 is 1.13 bits per heavy atom. The molecule has 2 saturated carbocycles. The monoisotopic (exact) mass is 1100 g/mol. The van der Waals surface area contributed by atoms with Crippen LogP contribution in [0, 0.1) is 11.8 Å². The highest BCUT2D eigenvalue weighted by Gasteiger charge is 2.63. The summed E-state index contributed by atoms with van der Waals surface area (Å²) >= 11 is 0. The van der Waals surface area contributed by atoms with E-state index in [1.807, 2.05) is 0 Å². The fraction of sp³-hybridized carbons (Fsp3) is 0.692. The Bertz CT molecular complexity index is 2000. The first kappa shape index (κ1) is 68.4. The fourth-order valence-corrected chi connectivity index (χ4v) is 7.91. The number of ether oxygens (including phenoxy) is 6. The van der Waals surface area contributed by atoms with Crippen molar-refractivity contribution in [2.75, 3.05) is 52.7 Å². The van der Waals surface area contributed by atoms with Crippen LogP contribution in [0.4, 0.5) is 9.59 Å². The van der Waals surface area contributed by atoms with E-state index in [-0.39, 0.29) is 82.4 Å². The maximum Gasteiger partial charge on any atom is 0.408 e. The van der Waals surface area contributed by atoms with E-state index < -0.39 is 101 Å². The van der Waals surface area contributed by atoms with Crippen molar-refractivity contribution >= 4 is 60.2 Å². The summed E-state index contributed by atoms with van der Waals surface area (Å²) in [5.41, 5.74) is -3.63. The summed E-state index contributed by atoms with van der Waals surface area (Å²) in [7, 11) is 0. The number of carboxylic acid groups (broad SMARTS) is 1. The number of hydrogen-bond donors (Lipinski definition) is 8. The molecule has 24 heteroatoms. The van der Waals surface area contributed by atoms with Gasteiger partial charge in [0.25, 0.3) is 0 Å². The zero-order valence-corrected chi connectivity index (χ0v) is 46.3. The number of esters is 2. The number of aliphatic hydroxyl groups excluding tert-OH is 2. The molecule has 5 amide bonds. The molecule has 0 aromatic carbocycles. The van der Waals surface area contributed by atoms with Crippen molar-refractivity contribution in [1.29, 1.82) is 0 Å². The number of aliphatic hydroxyl groups is 2. The molecule has 4 aliphatic rings. The molecular formula is C52H85ClN6O17. The van der Waals surface area contributed by atoms with Crippen LogP contribution >= 0.6 is 12.4 Å². The summed E-state index contributed by atoms with van der Waals surface area (Å²) in [6.07, 6.45) is 6.55. The number of hydrogen-bond acceptors (Lipinski definition) is 17. The van der Waals surface area contributed by atoms with Gasteiger partial charge in [0, 0.05) is 70.6 Å². The van der Waals surface area contributed by atoms with Gasteiger partial charge in [-0.25, -0.2) is 24.0 Å². The van der Waals surface area contributed by atoms with Crippen LogP contribution in [0.15, 0.2) is 50.6 Å². The van der Waals surface area contributed by atoms with Crippen molar-refractivity contribution in [3.05, 3.63) is 50.6 Å². The lowest BCUT2D eigenvalue weighted by Crippen LogP contribution is -2.57. The maximum atomic E-state index is 13.6. The lowest BCUT2D eigenvalue weighted by atomic mass is 10.1. The second-order valence-electron chi connectivity index (χ2n) is 20.4. The molecule has 2 aliphatic heterocycles. The number of alkyl carbamates (subject to hydrolysis) is 2. The minimum atomic E-state index is -1.23. The van der Waals surface area contributed by atoms with Gasteiger partial charge in [-0.2, -0.15) is 0 Å². The molecular weight excluding hydrogens is 1020 g/mol. The smallest absolute Gasteiger partial charge is 0.408 e. The van der Waals surface area contributed by atoms with Crippen LogP contribution in [0.3, 0.4) is 0 Å². The van der Waals surface area contributed by atoms with Gasteiger partial charge < -0.3 is 75.2 Å². The first-order chi connectivity index (χ1) is 35.2. The molecule has 0 radical (unpaired) electrons. The second-order valence-corrected chi connectivity index (χ2v) is 20.4. The molecule has 23 nitrogen and oxygen atoms in total. The third-order valence-corrected chi connectivity index (χ3v) is 11.9. The summed E-state index contributed by atoms with van der Waals surface area (Å²) < 4.78 is 31.2. The van der Waals surface area contributed by atoms with Crippen LogP contribution < -0.4 is 26.6 Å². The number of rotatable bonds is 26. The topological polar surface area (TPSA) is 316 Å². The molecule has 2 saturated heterocycles. The number of carbonyl (C=O) groups is 8. The third-order valence-electron chi connectivity index (χ3n) is 11.9. The average Bonchev–Trinajstić information content (AvgIpc) is 4.11. The lowest BCUT2D eigenvalue weighted by molar-refractivity contribution is -0.150. The molecule has 4 fully saturated rings. The number of amides is 5. The highest BCUT2D eigenvalue weighted by atomic mass is 35.5. The standard InChI is InChI=1S/C26H41N3O8.C13H20N2O4.C13H23NO5.ClH/c1-7-10-12-35-13-11-19(27-24(34)37-25(4,5)6)22(32)29-16-18(30)14-20(29)21(31)28-26(15-17(26)8-2)23(33)36-9-3;1-3-8-6-13(8,12(18)19-4-2)15-11(17)10-5-9(16)7-14-10;1-5-6-8-18-9-7-10(11(15)16)14-12(17)19-13(2,3)4;/h7-8,17-20,30H,1-2,9-16H2,3-6H3,(H,27,34)(H,28,31);3,8-10,14,16H,1,4-7H2,2H3,(H,15,17);5,10H,1,6-9H2,2-4H3,(H,14,17)(H,15,16);1H/t17-,18-,19+,20+,26-;8-,9-,10+,13-;10-;/m110./s1. The maximum absolute atomic E-state index is 13.6. The first-order valence-corrected chi connectivity index (χ1v) is 25.4. The lowest BCUT2D eigenvalue weighted by Gasteiger charge is -2.30. The Morgan fingerprint density at radius 3 is 1.51 bits per heavy atom. The number of aliphatic carboxylic acids is 1. The van der Waals surface area contributed by atoms with E-state index >= 15 is 0 Å². The van der Waals surface area contributed by atoms with Crippen molar-refractivity contribution in [3.8, 4) is 0 Å². The summed E-state index contributed by atoms with van der Waals surface area (Å²) in [6.45, 7) is 30.2. The van der Waals surface area contributed by atoms with E-state index in [0.717, 1.165) is 0 Å². The molecule has 0 unspecified atom stereocenters. The van der Waals surface area contributed by atoms with E-state index in [9.17, 15) is 48.6 Å². The predicted octanol–water partition coefficient (Wildman–Crippen LogP) is 3.15. The number of likely N-dealkylation sites (tertiary alicyclic amines) is 1. The van der Waals surface area contributed by atoms with Gasteiger partial charge in [0.15, 0.2) is 0 Å². The van der Waals surface area contributed by atoms with E-state index in [2.05, 4.69) is 52.9 Å². The van der Waals surface area contributed by atoms with Crippen molar-refractivity contribution in [1.82, 2.24) is 31.5 Å². The quantitative estimate of drug-likeness (QED) is 0.0267. The molecule has 0 spiro atoms. The molecule has 8 N–H and O–H groups in total. The number of carbonyl (C=O) groups excluding carboxylic acids is 7. The van der Waals surface area contributed by atoms with Crippen molar-refractivity contribution < 1.29 is 82.1 Å². The van der Waals surface area contributed by atoms with Crippen LogP contribution in [-0.2, 0) is 57.2 Å². The molecule has 2 heterocycles. The van der Waals surface area contributed by atoms with Gasteiger partial charge in [0.05, 0.1) is 31.5 Å². The molecule has 2 aliphatic carbocycles. The van der Waals surface area contributed by atoms with Crippen molar-refractivity contribution in [2.24, 2.45) is 11.8 Å². The van der Waals surface area contributed by atoms with E-state index in [0.29, 0.717) is 51.9 Å². The largest absolute Gasteiger partial charge is 0.480 e. The summed E-state index contributed by atoms with van der Waals surface area (Å²) in [5, 5.41) is 42.0. The highest BCUT2D eigenvalue weighted by Crippen LogP contribution is 2.46. The van der Waals surface area contributed by atoms with Crippen molar-refractivity contribution in [2.45, 2.75) is 165 Å². The number of nitrogens with zero attached hydrogens (tertiary/aromatic N) is 1. The van der Waals surface area contributed by atoms with E-state index in [1.54, 1.807) is 79.7 Å². The second kappa shape index (κ2) is 32.2. The zero-order valence-electron chi connectivity index (χ0n) is 45.5. The number of nitrogens with one attached hydrogen (secondary N) is 5. The average molecular weight is 1100 g/mol. The Morgan fingerprint density at radius 1 is 0.684 bits per heavy atom. The summed E-state index contributed by atoms with van der Waals surface area (Å²) in [4.78, 5) is 99.6. The summed E-state index contributed by atoms with van der Waals surface area (Å²) in [5.74, 6) is -3.87. The van der Waals surface area contributed by atoms with Crippen LogP contribution in [0.5, 0.6) is 0 Å². The minimum Gasteiger partial charge on any atom is -0.480 e. The van der Waals surface area contributed by atoms with Gasteiger partial charge in [-0.1, -0.05) is 24.3 Å². The predicted molar refractivity (Wildman–Crippen MR) is 282 cm³/mol. The van der Waals surface area contributed by atoms with E-state index in [1.165, 1.54) is 4.90 Å². The van der Waals surface area contributed by atoms with Gasteiger partial charge in [0.1, 0.15) is 40.4 Å². The Labute approximate surface area is 453 Å². The molecule has 0 aromatic heterocycles. The molecule has 10 atom stereocenters. The minimum absolute atomic E-state index is 0. The Hall–Kier alpha value is -5.59. The van der Waals surface area contributed by atoms with Gasteiger partial charge in [-0.15, -0.1) is 38.7 Å². The Kier molecular flexibility index (Phi) is 29.0. The third kappa shape index (κ3) is 22.6. The number of halogens is 1. The van der Waals surface area contributed by atoms with Crippen LogP contribution in [0.25, 0.3) is 0 Å². The normalized spacial score (nSPS) is 24.7. The molecule has 432 valence electrons. The molecule has 0 bridgehead atoms. The van der Waals surface area contributed by atoms with Gasteiger partial charge in [-0.3, -0.25) is 14.4 Å². The Balaban J connectivity index is 0.000000624.